The topological polar surface area (TPSA) is 104 Å². The fourth-order valence-corrected chi connectivity index (χ4v) is 5.35. The first-order valence-corrected chi connectivity index (χ1v) is 8.97. The maximum atomic E-state index is 10.3. The molecule has 0 unspecified atom stereocenters. The molecule has 1 aromatic carbocycles. The third-order valence-corrected chi connectivity index (χ3v) is 6.51. The van der Waals surface area contributed by atoms with Crippen LogP contribution in [0.3, 0.4) is 0 Å². The van der Waals surface area contributed by atoms with Crippen LogP contribution in [0.25, 0.3) is 0 Å². The normalized spacial score (nSPS) is 44.0. The highest BCUT2D eigenvalue weighted by molar-refractivity contribution is 9.10. The Morgan fingerprint density at radius 3 is 2.48 bits per heavy atom. The summed E-state index contributed by atoms with van der Waals surface area (Å²) in [7, 11) is 0. The summed E-state index contributed by atoms with van der Waals surface area (Å²) in [4.78, 5) is 4.37. The largest absolute Gasteiger partial charge is 0.386 e. The zero-order valence-electron chi connectivity index (χ0n) is 13.9. The van der Waals surface area contributed by atoms with Crippen molar-refractivity contribution in [1.82, 2.24) is 0 Å². The van der Waals surface area contributed by atoms with Gasteiger partial charge in [-0.2, -0.15) is 10.5 Å². The number of rotatable bonds is 2. The van der Waals surface area contributed by atoms with E-state index in [0.29, 0.717) is 13.0 Å². The van der Waals surface area contributed by atoms with Gasteiger partial charge in [0.05, 0.1) is 30.3 Å². The van der Waals surface area contributed by atoms with Gasteiger partial charge in [-0.1, -0.05) is 35.0 Å². The van der Waals surface area contributed by atoms with Crippen LogP contribution in [-0.2, 0) is 14.9 Å². The van der Waals surface area contributed by atoms with E-state index in [9.17, 15) is 10.5 Å². The van der Waals surface area contributed by atoms with Gasteiger partial charge in [0.25, 0.3) is 5.91 Å². The van der Waals surface area contributed by atoms with Crippen LogP contribution in [0.5, 0.6) is 0 Å². The standard InChI is InChI=1S/C18H17BrN4O2/c1-3-15(12-4-6-13(19)7-5-12)16(9-20)14(22)23-18(17(15,16)10-21)24-8-11(2)25-18/h4-7,11H,3,8H2,1-2H3,(H2,22,23)/t11-,15-,16-,17+,18+/m0/s1. The number of nitriles is 2. The van der Waals surface area contributed by atoms with E-state index in [1.807, 2.05) is 38.1 Å². The van der Waals surface area contributed by atoms with Gasteiger partial charge in [0.1, 0.15) is 5.84 Å². The Kier molecular flexibility index (Phi) is 3.19. The number of hydrogen-bond acceptors (Lipinski definition) is 6. The highest BCUT2D eigenvalue weighted by Crippen LogP contribution is 2.86. The van der Waals surface area contributed by atoms with Crippen molar-refractivity contribution < 1.29 is 9.47 Å². The Morgan fingerprint density at radius 2 is 2.00 bits per heavy atom. The van der Waals surface area contributed by atoms with Crippen molar-refractivity contribution in [2.45, 2.75) is 37.7 Å². The average Bonchev–Trinajstić information content (AvgIpc) is 2.86. The van der Waals surface area contributed by atoms with Crippen LogP contribution in [0.4, 0.5) is 0 Å². The van der Waals surface area contributed by atoms with Crippen molar-refractivity contribution in [1.29, 1.82) is 10.5 Å². The van der Waals surface area contributed by atoms with E-state index in [0.717, 1.165) is 10.0 Å². The number of nitrogens with zero attached hydrogens (tertiary/aromatic N) is 3. The molecule has 0 aromatic heterocycles. The molecule has 0 amide bonds. The fraction of sp³-hybridized carbons (Fsp3) is 0.500. The van der Waals surface area contributed by atoms with Crippen LogP contribution >= 0.6 is 15.9 Å². The second-order valence-electron chi connectivity index (χ2n) is 6.81. The number of ether oxygens (including phenoxy) is 2. The Labute approximate surface area is 154 Å². The van der Waals surface area contributed by atoms with Gasteiger partial charge < -0.3 is 15.2 Å². The molecule has 2 heterocycles. The molecule has 1 saturated carbocycles. The minimum absolute atomic E-state index is 0.121. The molecule has 0 radical (unpaired) electrons. The lowest BCUT2D eigenvalue weighted by Crippen LogP contribution is -2.43. The molecule has 2 N–H and O–H groups in total. The summed E-state index contributed by atoms with van der Waals surface area (Å²) in [6.45, 7) is 4.12. The molecule has 7 heteroatoms. The van der Waals surface area contributed by atoms with Gasteiger partial charge in [0, 0.05) is 4.47 Å². The Morgan fingerprint density at radius 1 is 1.32 bits per heavy atom. The van der Waals surface area contributed by atoms with E-state index in [1.54, 1.807) is 0 Å². The minimum atomic E-state index is -1.52. The number of nitrogens with two attached hydrogens (primary N) is 1. The van der Waals surface area contributed by atoms with E-state index in [1.165, 1.54) is 0 Å². The number of fused-ring (bicyclic) bond motifs is 2. The van der Waals surface area contributed by atoms with Crippen molar-refractivity contribution >= 4 is 21.8 Å². The molecule has 0 bridgehead atoms. The van der Waals surface area contributed by atoms with Crippen molar-refractivity contribution in [3.8, 4) is 12.1 Å². The molecular weight excluding hydrogens is 384 g/mol. The van der Waals surface area contributed by atoms with Gasteiger partial charge >= 0.3 is 0 Å². The first-order valence-electron chi connectivity index (χ1n) is 8.17. The van der Waals surface area contributed by atoms with Gasteiger partial charge in [-0.15, -0.1) is 0 Å². The first kappa shape index (κ1) is 16.5. The molecule has 1 aromatic rings. The molecule has 1 aliphatic carbocycles. The number of halogens is 1. The maximum absolute atomic E-state index is 10.3. The smallest absolute Gasteiger partial charge is 0.294 e. The molecule has 2 aliphatic heterocycles. The summed E-state index contributed by atoms with van der Waals surface area (Å²) in [6, 6.07) is 12.3. The van der Waals surface area contributed by atoms with E-state index in [2.05, 4.69) is 33.1 Å². The number of aliphatic imine (C=N–C) groups is 1. The third kappa shape index (κ3) is 1.42. The molecule has 1 saturated heterocycles. The fourth-order valence-electron chi connectivity index (χ4n) is 5.09. The third-order valence-electron chi connectivity index (χ3n) is 5.98. The molecular formula is C18H17BrN4O2. The number of amidine groups is 1. The minimum Gasteiger partial charge on any atom is -0.386 e. The van der Waals surface area contributed by atoms with Crippen molar-refractivity contribution in [3.05, 3.63) is 34.3 Å². The van der Waals surface area contributed by atoms with Gasteiger partial charge in [0.2, 0.25) is 0 Å². The Balaban J connectivity index is 2.02. The highest BCUT2D eigenvalue weighted by Gasteiger charge is 3.01. The summed E-state index contributed by atoms with van der Waals surface area (Å²) in [5, 5.41) is 20.4. The lowest BCUT2D eigenvalue weighted by Gasteiger charge is -2.31. The number of hydrogen-bond donors (Lipinski definition) is 1. The summed E-state index contributed by atoms with van der Waals surface area (Å²) in [5.74, 6) is -1.40. The molecule has 3 aliphatic rings. The summed E-state index contributed by atoms with van der Waals surface area (Å²) >= 11 is 3.43. The second-order valence-corrected chi connectivity index (χ2v) is 7.72. The zero-order chi connectivity index (χ0) is 18.1. The first-order chi connectivity index (χ1) is 11.9. The van der Waals surface area contributed by atoms with E-state index in [-0.39, 0.29) is 11.9 Å². The molecule has 6 nitrogen and oxygen atoms in total. The average molecular weight is 401 g/mol. The van der Waals surface area contributed by atoms with Crippen molar-refractivity contribution in [3.63, 3.8) is 0 Å². The molecule has 25 heavy (non-hydrogen) atoms. The van der Waals surface area contributed by atoms with E-state index >= 15 is 0 Å². The van der Waals surface area contributed by atoms with E-state index < -0.39 is 22.2 Å². The van der Waals surface area contributed by atoms with Gasteiger partial charge in [0.15, 0.2) is 10.8 Å². The lowest BCUT2D eigenvalue weighted by molar-refractivity contribution is -0.197. The lowest BCUT2D eigenvalue weighted by atomic mass is 9.80. The molecule has 4 rings (SSSR count). The summed E-state index contributed by atoms with van der Waals surface area (Å²) in [5.41, 5.74) is 3.72. The molecule has 5 atom stereocenters. The van der Waals surface area contributed by atoms with Gasteiger partial charge in [-0.25, -0.2) is 4.99 Å². The monoisotopic (exact) mass is 400 g/mol. The van der Waals surface area contributed by atoms with Crippen LogP contribution in [0, 0.1) is 33.5 Å². The van der Waals surface area contributed by atoms with Crippen LogP contribution in [0.2, 0.25) is 0 Å². The molecule has 2 fully saturated rings. The zero-order valence-corrected chi connectivity index (χ0v) is 15.5. The SMILES string of the molecule is CC[C@]1(c2ccc(Br)cc2)[C@]2(C#N)C(N)=N[C@@]3(OC[C@H](C)O3)[C@@]21C#N. The van der Waals surface area contributed by atoms with E-state index in [4.69, 9.17) is 15.2 Å². The Hall–Kier alpha value is -1.93. The highest BCUT2D eigenvalue weighted by atomic mass is 79.9. The van der Waals surface area contributed by atoms with Crippen LogP contribution < -0.4 is 5.73 Å². The molecule has 1 spiro atoms. The van der Waals surface area contributed by atoms with Crippen LogP contribution in [-0.4, -0.2) is 24.5 Å². The van der Waals surface area contributed by atoms with Crippen LogP contribution in [0.15, 0.2) is 33.7 Å². The summed E-state index contributed by atoms with van der Waals surface area (Å²) < 4.78 is 12.8. The predicted molar refractivity (Wildman–Crippen MR) is 93.1 cm³/mol. The Bertz CT molecular complexity index is 873. The van der Waals surface area contributed by atoms with Crippen molar-refractivity contribution in [2.75, 3.05) is 6.61 Å². The van der Waals surface area contributed by atoms with Gasteiger partial charge in [-0.3, -0.25) is 0 Å². The predicted octanol–water partition coefficient (Wildman–Crippen LogP) is 2.59. The van der Waals surface area contributed by atoms with Crippen molar-refractivity contribution in [2.24, 2.45) is 21.6 Å². The quantitative estimate of drug-likeness (QED) is 0.820. The van der Waals surface area contributed by atoms with Crippen LogP contribution in [0.1, 0.15) is 25.8 Å². The number of benzene rings is 1. The molecule has 128 valence electrons. The second kappa shape index (κ2) is 4.82. The van der Waals surface area contributed by atoms with Gasteiger partial charge in [-0.05, 0) is 31.0 Å². The maximum Gasteiger partial charge on any atom is 0.294 e. The summed E-state index contributed by atoms with van der Waals surface area (Å²) in [6.07, 6.45) is 0.311.